The smallest absolute Gasteiger partial charge is 0.269 e. The number of fused-ring (bicyclic) bond motifs is 1. The molecule has 2 aliphatic heterocycles. The van der Waals surface area contributed by atoms with Crippen molar-refractivity contribution in [3.8, 4) is 11.8 Å². The van der Waals surface area contributed by atoms with Crippen LogP contribution in [0, 0.1) is 18.3 Å². The number of anilines is 2. The summed E-state index contributed by atoms with van der Waals surface area (Å²) < 4.78 is 6.28. The van der Waals surface area contributed by atoms with Crippen molar-refractivity contribution in [2.24, 2.45) is 0 Å². The zero-order chi connectivity index (χ0) is 28.3. The van der Waals surface area contributed by atoms with Crippen molar-refractivity contribution in [3.63, 3.8) is 0 Å². The molecule has 0 saturated carbocycles. The summed E-state index contributed by atoms with van der Waals surface area (Å²) in [5, 5.41) is 15.5. The van der Waals surface area contributed by atoms with Gasteiger partial charge >= 0.3 is 0 Å². The third-order valence-corrected chi connectivity index (χ3v) is 7.77. The van der Waals surface area contributed by atoms with Crippen molar-refractivity contribution >= 4 is 17.4 Å². The molecule has 10 nitrogen and oxygen atoms in total. The van der Waals surface area contributed by atoms with Crippen molar-refractivity contribution in [1.82, 2.24) is 20.1 Å². The highest BCUT2D eigenvalue weighted by molar-refractivity contribution is 5.94. The predicted octanol–water partition coefficient (Wildman–Crippen LogP) is 3.45. The highest BCUT2D eigenvalue weighted by Gasteiger charge is 2.32. The molecule has 2 aromatic carbocycles. The molecule has 206 valence electrons. The average Bonchev–Trinajstić information content (AvgIpc) is 3.39. The lowest BCUT2D eigenvalue weighted by Crippen LogP contribution is -2.49. The van der Waals surface area contributed by atoms with Gasteiger partial charge in [0.2, 0.25) is 0 Å². The van der Waals surface area contributed by atoms with E-state index in [4.69, 9.17) is 10.00 Å². The zero-order valence-corrected chi connectivity index (χ0v) is 22.7. The topological polar surface area (TPSA) is 118 Å². The number of hydrogen-bond acceptors (Lipinski definition) is 8. The number of rotatable bonds is 6. The molecule has 1 fully saturated rings. The van der Waals surface area contributed by atoms with Crippen molar-refractivity contribution in [3.05, 3.63) is 111 Å². The summed E-state index contributed by atoms with van der Waals surface area (Å²) in [6.45, 7) is 5.26. The van der Waals surface area contributed by atoms with Crippen molar-refractivity contribution in [1.29, 1.82) is 5.26 Å². The van der Waals surface area contributed by atoms with Gasteiger partial charge in [-0.1, -0.05) is 30.3 Å². The Labute approximate surface area is 237 Å². The number of carbonyl (C=O) groups excluding carboxylic acids is 1. The van der Waals surface area contributed by atoms with Gasteiger partial charge in [0.05, 0.1) is 23.5 Å². The summed E-state index contributed by atoms with van der Waals surface area (Å²) >= 11 is 0. The van der Waals surface area contributed by atoms with E-state index in [0.29, 0.717) is 61.8 Å². The van der Waals surface area contributed by atoms with Gasteiger partial charge in [0, 0.05) is 50.0 Å². The molecule has 6 rings (SSSR count). The van der Waals surface area contributed by atoms with E-state index in [1.54, 1.807) is 31.5 Å². The highest BCUT2D eigenvalue weighted by Crippen LogP contribution is 2.38. The van der Waals surface area contributed by atoms with Gasteiger partial charge in [-0.15, -0.1) is 0 Å². The van der Waals surface area contributed by atoms with Gasteiger partial charge < -0.3 is 19.4 Å². The molecular weight excluding hydrogens is 518 g/mol. The number of nitrogens with one attached hydrogen (secondary N) is 1. The number of ether oxygens (including phenoxy) is 1. The van der Waals surface area contributed by atoms with Crippen LogP contribution in [0.4, 0.5) is 11.5 Å². The van der Waals surface area contributed by atoms with E-state index in [2.05, 4.69) is 43.2 Å². The van der Waals surface area contributed by atoms with Crippen LogP contribution in [-0.4, -0.2) is 58.8 Å². The van der Waals surface area contributed by atoms with E-state index in [1.165, 1.54) is 5.56 Å². The van der Waals surface area contributed by atoms with Gasteiger partial charge in [-0.2, -0.15) is 10.4 Å². The number of hydrogen-bond donors (Lipinski definition) is 1. The molecule has 2 aromatic heterocycles. The number of aromatic amines is 1. The van der Waals surface area contributed by atoms with Crippen LogP contribution in [0.25, 0.3) is 0 Å². The summed E-state index contributed by atoms with van der Waals surface area (Å²) in [4.78, 5) is 36.1. The van der Waals surface area contributed by atoms with Crippen LogP contribution < -0.4 is 20.1 Å². The van der Waals surface area contributed by atoms with Crippen LogP contribution in [0.1, 0.15) is 38.7 Å². The van der Waals surface area contributed by atoms with Crippen molar-refractivity contribution < 1.29 is 9.53 Å². The minimum atomic E-state index is -0.210. The number of pyridine rings is 1. The van der Waals surface area contributed by atoms with Crippen LogP contribution in [0.3, 0.4) is 0 Å². The summed E-state index contributed by atoms with van der Waals surface area (Å²) in [5.41, 5.74) is 4.61. The molecule has 1 amide bonds. The van der Waals surface area contributed by atoms with Crippen LogP contribution in [-0.2, 0) is 6.54 Å². The molecule has 4 aromatic rings. The van der Waals surface area contributed by atoms with Crippen molar-refractivity contribution in [2.75, 3.05) is 42.6 Å². The quantitative estimate of drug-likeness (QED) is 0.390. The molecular formula is C31H29N7O3. The molecule has 1 atom stereocenters. The minimum Gasteiger partial charge on any atom is -0.491 e. The molecule has 0 aliphatic carbocycles. The fraction of sp³-hybridized carbons (Fsp3) is 0.258. The van der Waals surface area contributed by atoms with Gasteiger partial charge in [0.25, 0.3) is 11.5 Å². The normalized spacial score (nSPS) is 16.3. The van der Waals surface area contributed by atoms with Crippen LogP contribution in [0.5, 0.6) is 5.75 Å². The van der Waals surface area contributed by atoms with E-state index >= 15 is 0 Å². The Hall–Kier alpha value is -5.17. The van der Waals surface area contributed by atoms with Crippen LogP contribution in [0.2, 0.25) is 0 Å². The maximum atomic E-state index is 13.4. The molecule has 0 radical (unpaired) electrons. The molecule has 0 spiro atoms. The highest BCUT2D eigenvalue weighted by atomic mass is 16.5. The lowest BCUT2D eigenvalue weighted by atomic mass is 10.1. The third-order valence-electron chi connectivity index (χ3n) is 7.77. The van der Waals surface area contributed by atoms with Gasteiger partial charge in [-0.25, -0.2) is 10.1 Å². The van der Waals surface area contributed by atoms with E-state index in [0.717, 1.165) is 17.1 Å². The summed E-state index contributed by atoms with van der Waals surface area (Å²) in [6, 6.07) is 21.1. The summed E-state index contributed by atoms with van der Waals surface area (Å²) in [6.07, 6.45) is 3.26. The molecule has 0 bridgehead atoms. The van der Waals surface area contributed by atoms with E-state index in [-0.39, 0.29) is 17.5 Å². The Balaban J connectivity index is 1.13. The molecule has 4 heterocycles. The maximum absolute atomic E-state index is 13.4. The van der Waals surface area contributed by atoms with Gasteiger partial charge in [0.1, 0.15) is 24.2 Å². The largest absolute Gasteiger partial charge is 0.491 e. The SMILES string of the molecule is Cc1c(N2Cc3ccccc3[C@H]2COc2cccc(C(=O)N3CCN(c4ccc(C#N)cn4)CC3)c2)cn[nH]c1=O. The third kappa shape index (κ3) is 5.22. The van der Waals surface area contributed by atoms with Crippen molar-refractivity contribution in [2.45, 2.75) is 19.5 Å². The van der Waals surface area contributed by atoms with Crippen LogP contribution >= 0.6 is 0 Å². The average molecular weight is 548 g/mol. The standard InChI is InChI=1S/C31H29N7O3/c1-21-27(18-34-35-30(21)39)38-19-24-5-2-3-8-26(24)28(38)20-41-25-7-4-6-23(15-25)31(40)37-13-11-36(12-14-37)29-10-9-22(16-32)17-33-29/h2-10,15,17-18,28H,11-14,19-20H2,1H3,(H,35,39)/t28-/m1/s1. The van der Waals surface area contributed by atoms with Gasteiger partial charge in [-0.05, 0) is 48.4 Å². The maximum Gasteiger partial charge on any atom is 0.269 e. The summed E-state index contributed by atoms with van der Waals surface area (Å²) in [7, 11) is 0. The fourth-order valence-corrected chi connectivity index (χ4v) is 5.49. The monoisotopic (exact) mass is 547 g/mol. The van der Waals surface area contributed by atoms with E-state index < -0.39 is 0 Å². The minimum absolute atomic E-state index is 0.0408. The molecule has 1 saturated heterocycles. The summed E-state index contributed by atoms with van der Waals surface area (Å²) in [5.74, 6) is 1.38. The van der Waals surface area contributed by atoms with E-state index in [1.807, 2.05) is 41.3 Å². The lowest BCUT2D eigenvalue weighted by Gasteiger charge is -2.35. The number of aromatic nitrogens is 3. The Morgan fingerprint density at radius 1 is 1.07 bits per heavy atom. The second kappa shape index (κ2) is 11.1. The second-order valence-electron chi connectivity index (χ2n) is 10.2. The number of benzene rings is 2. The second-order valence-corrected chi connectivity index (χ2v) is 10.2. The number of carbonyl (C=O) groups is 1. The van der Waals surface area contributed by atoms with Gasteiger partial charge in [0.15, 0.2) is 0 Å². The Morgan fingerprint density at radius 2 is 1.90 bits per heavy atom. The van der Waals surface area contributed by atoms with Gasteiger partial charge in [-0.3, -0.25) is 9.59 Å². The lowest BCUT2D eigenvalue weighted by molar-refractivity contribution is 0.0746. The Morgan fingerprint density at radius 3 is 2.68 bits per heavy atom. The number of H-pyrrole nitrogens is 1. The number of nitriles is 1. The molecule has 1 N–H and O–H groups in total. The predicted molar refractivity (Wildman–Crippen MR) is 154 cm³/mol. The number of amides is 1. The van der Waals surface area contributed by atoms with E-state index in [9.17, 15) is 9.59 Å². The molecule has 2 aliphatic rings. The zero-order valence-electron chi connectivity index (χ0n) is 22.7. The number of nitrogens with zero attached hydrogens (tertiary/aromatic N) is 6. The molecule has 41 heavy (non-hydrogen) atoms. The fourth-order valence-electron chi connectivity index (χ4n) is 5.49. The Bertz CT molecular complexity index is 1670. The number of piperazine rings is 1. The first-order chi connectivity index (χ1) is 20.0. The molecule has 0 unspecified atom stereocenters. The first-order valence-corrected chi connectivity index (χ1v) is 13.5. The first kappa shape index (κ1) is 26.1. The Kier molecular flexibility index (Phi) is 7.08. The molecule has 10 heteroatoms. The first-order valence-electron chi connectivity index (χ1n) is 13.5. The van der Waals surface area contributed by atoms with Crippen LogP contribution in [0.15, 0.2) is 77.9 Å².